The van der Waals surface area contributed by atoms with Crippen LogP contribution in [0.2, 0.25) is 0 Å². The lowest BCUT2D eigenvalue weighted by Gasteiger charge is -2.36. The van der Waals surface area contributed by atoms with Gasteiger partial charge in [-0.2, -0.15) is 0 Å². The van der Waals surface area contributed by atoms with Crippen LogP contribution >= 0.6 is 0 Å². The summed E-state index contributed by atoms with van der Waals surface area (Å²) in [5, 5.41) is 10.2. The van der Waals surface area contributed by atoms with E-state index in [9.17, 15) is 23.3 Å². The summed E-state index contributed by atoms with van der Waals surface area (Å²) in [6, 6.07) is 12.4. The predicted molar refractivity (Wildman–Crippen MR) is 110 cm³/mol. The second-order valence-corrected chi connectivity index (χ2v) is 9.68. The lowest BCUT2D eigenvalue weighted by molar-refractivity contribution is -0.384. The topological polar surface area (TPSA) is 101 Å². The van der Waals surface area contributed by atoms with Crippen molar-refractivity contribution in [3.8, 4) is 0 Å². The van der Waals surface area contributed by atoms with Gasteiger partial charge in [-0.25, -0.2) is 8.42 Å². The van der Waals surface area contributed by atoms with Crippen molar-refractivity contribution in [3.05, 3.63) is 64.2 Å². The molecule has 1 saturated heterocycles. The van der Waals surface area contributed by atoms with Crippen LogP contribution in [0.3, 0.4) is 0 Å². The Labute approximate surface area is 169 Å². The summed E-state index contributed by atoms with van der Waals surface area (Å²) in [7, 11) is -3.36. The first-order chi connectivity index (χ1) is 13.7. The lowest BCUT2D eigenvalue weighted by atomic mass is 10.1. The second kappa shape index (κ2) is 8.20. The number of anilines is 1. The maximum Gasteiger partial charge on any atom is 0.269 e. The van der Waals surface area contributed by atoms with Crippen LogP contribution in [-0.2, 0) is 9.84 Å². The van der Waals surface area contributed by atoms with Crippen molar-refractivity contribution in [3.63, 3.8) is 0 Å². The van der Waals surface area contributed by atoms with Gasteiger partial charge in [0.15, 0.2) is 9.84 Å². The number of benzene rings is 2. The van der Waals surface area contributed by atoms with E-state index in [4.69, 9.17) is 0 Å². The molecule has 8 nitrogen and oxygen atoms in total. The van der Waals surface area contributed by atoms with Crippen LogP contribution in [0, 0.1) is 10.1 Å². The van der Waals surface area contributed by atoms with Gasteiger partial charge in [0.25, 0.3) is 11.6 Å². The Morgan fingerprint density at radius 2 is 1.52 bits per heavy atom. The van der Waals surface area contributed by atoms with Crippen LogP contribution in [0.5, 0.6) is 0 Å². The average Bonchev–Trinajstić information content (AvgIpc) is 2.73. The highest BCUT2D eigenvalue weighted by molar-refractivity contribution is 7.92. The van der Waals surface area contributed by atoms with Gasteiger partial charge in [-0.05, 0) is 50.2 Å². The number of rotatable bonds is 5. The fourth-order valence-electron chi connectivity index (χ4n) is 3.19. The van der Waals surface area contributed by atoms with E-state index in [2.05, 4.69) is 4.90 Å². The summed E-state index contributed by atoms with van der Waals surface area (Å²) in [5.41, 5.74) is 1.38. The zero-order chi connectivity index (χ0) is 21.2. The molecule has 2 aromatic carbocycles. The minimum Gasteiger partial charge on any atom is -0.368 e. The number of carbonyl (C=O) groups excluding carboxylic acids is 1. The summed E-state index contributed by atoms with van der Waals surface area (Å²) in [6.07, 6.45) is 0. The number of piperazine rings is 1. The Morgan fingerprint density at radius 1 is 0.966 bits per heavy atom. The van der Waals surface area contributed by atoms with Gasteiger partial charge >= 0.3 is 0 Å². The van der Waals surface area contributed by atoms with Crippen molar-refractivity contribution in [1.82, 2.24) is 4.90 Å². The molecule has 0 aromatic heterocycles. The summed E-state index contributed by atoms with van der Waals surface area (Å²) < 4.78 is 24.4. The number of nitro groups is 1. The summed E-state index contributed by atoms with van der Waals surface area (Å²) in [6.45, 7) is 5.51. The summed E-state index contributed by atoms with van der Waals surface area (Å²) >= 11 is 0. The van der Waals surface area contributed by atoms with Crippen molar-refractivity contribution < 1.29 is 18.1 Å². The monoisotopic (exact) mass is 417 g/mol. The van der Waals surface area contributed by atoms with E-state index in [0.717, 1.165) is 5.69 Å². The van der Waals surface area contributed by atoms with Crippen molar-refractivity contribution >= 4 is 27.1 Å². The normalized spacial score (nSPS) is 14.9. The first-order valence-corrected chi connectivity index (χ1v) is 10.9. The van der Waals surface area contributed by atoms with Crippen LogP contribution < -0.4 is 4.90 Å². The molecule has 1 heterocycles. The first kappa shape index (κ1) is 20.8. The van der Waals surface area contributed by atoms with E-state index in [-0.39, 0.29) is 16.5 Å². The fourth-order valence-corrected chi connectivity index (χ4v) is 4.25. The quantitative estimate of drug-likeness (QED) is 0.548. The zero-order valence-corrected chi connectivity index (χ0v) is 17.1. The highest BCUT2D eigenvalue weighted by Crippen LogP contribution is 2.22. The Morgan fingerprint density at radius 3 is 2.00 bits per heavy atom. The van der Waals surface area contributed by atoms with E-state index < -0.39 is 20.0 Å². The molecular weight excluding hydrogens is 394 g/mol. The molecule has 9 heteroatoms. The number of non-ortho nitro benzene ring substituents is 1. The van der Waals surface area contributed by atoms with Crippen molar-refractivity contribution in [2.75, 3.05) is 31.1 Å². The van der Waals surface area contributed by atoms with E-state index in [1.807, 2.05) is 0 Å². The van der Waals surface area contributed by atoms with E-state index in [1.54, 1.807) is 43.0 Å². The van der Waals surface area contributed by atoms with Crippen molar-refractivity contribution in [1.29, 1.82) is 0 Å². The molecule has 154 valence electrons. The minimum atomic E-state index is -3.36. The molecule has 2 aromatic rings. The molecule has 1 amide bonds. The zero-order valence-electron chi connectivity index (χ0n) is 16.3. The van der Waals surface area contributed by atoms with Gasteiger partial charge < -0.3 is 9.80 Å². The third-order valence-electron chi connectivity index (χ3n) is 5.04. The van der Waals surface area contributed by atoms with Gasteiger partial charge in [0, 0.05) is 49.6 Å². The molecule has 0 bridgehead atoms. The number of sulfone groups is 1. The Balaban J connectivity index is 1.63. The maximum atomic E-state index is 12.7. The number of hydrogen-bond acceptors (Lipinski definition) is 6. The Hall–Kier alpha value is -2.94. The van der Waals surface area contributed by atoms with Gasteiger partial charge in [-0.3, -0.25) is 14.9 Å². The molecule has 29 heavy (non-hydrogen) atoms. The Bertz CT molecular complexity index is 993. The van der Waals surface area contributed by atoms with Crippen molar-refractivity contribution in [2.24, 2.45) is 0 Å². The third-order valence-corrected chi connectivity index (χ3v) is 7.21. The highest BCUT2D eigenvalue weighted by Gasteiger charge is 2.24. The summed E-state index contributed by atoms with van der Waals surface area (Å²) in [5.74, 6) is -0.137. The number of hydrogen-bond donors (Lipinski definition) is 0. The standard InChI is InChI=1S/C20H23N3O5S/c1-15(2)29(27,28)19-9-3-16(4-10-19)20(24)22-13-11-21(12-14-22)17-5-7-18(8-6-17)23(25)26/h3-10,15H,11-14H2,1-2H3. The molecule has 3 rings (SSSR count). The van der Waals surface area contributed by atoms with E-state index in [0.29, 0.717) is 31.7 Å². The first-order valence-electron chi connectivity index (χ1n) is 9.33. The molecular formula is C20H23N3O5S. The van der Waals surface area contributed by atoms with Crippen LogP contribution in [0.4, 0.5) is 11.4 Å². The number of nitrogens with zero attached hydrogens (tertiary/aromatic N) is 3. The van der Waals surface area contributed by atoms with E-state index >= 15 is 0 Å². The molecule has 0 atom stereocenters. The van der Waals surface area contributed by atoms with Gasteiger partial charge in [0.05, 0.1) is 15.1 Å². The molecule has 1 aliphatic rings. The van der Waals surface area contributed by atoms with Crippen LogP contribution in [0.1, 0.15) is 24.2 Å². The van der Waals surface area contributed by atoms with Crippen molar-refractivity contribution in [2.45, 2.75) is 24.0 Å². The number of carbonyl (C=O) groups is 1. The van der Waals surface area contributed by atoms with Crippen LogP contribution in [-0.4, -0.2) is 55.6 Å². The maximum absolute atomic E-state index is 12.7. The highest BCUT2D eigenvalue weighted by atomic mass is 32.2. The van der Waals surface area contributed by atoms with Gasteiger partial charge in [-0.1, -0.05) is 0 Å². The minimum absolute atomic E-state index is 0.0468. The Kier molecular flexibility index (Phi) is 5.88. The molecule has 0 radical (unpaired) electrons. The van der Waals surface area contributed by atoms with E-state index in [1.165, 1.54) is 24.3 Å². The van der Waals surface area contributed by atoms with Crippen LogP contribution in [0.25, 0.3) is 0 Å². The predicted octanol–water partition coefficient (Wildman–Crippen LogP) is 2.74. The third kappa shape index (κ3) is 4.40. The van der Waals surface area contributed by atoms with Gasteiger partial charge in [-0.15, -0.1) is 0 Å². The average molecular weight is 417 g/mol. The van der Waals surface area contributed by atoms with Gasteiger partial charge in [0.2, 0.25) is 0 Å². The molecule has 0 N–H and O–H groups in total. The SMILES string of the molecule is CC(C)S(=O)(=O)c1ccc(C(=O)N2CCN(c3ccc([N+](=O)[O-])cc3)CC2)cc1. The fraction of sp³-hybridized carbons (Fsp3) is 0.350. The van der Waals surface area contributed by atoms with Gasteiger partial charge in [0.1, 0.15) is 0 Å². The molecule has 0 saturated carbocycles. The molecule has 0 aliphatic carbocycles. The second-order valence-electron chi connectivity index (χ2n) is 7.17. The molecule has 0 spiro atoms. The molecule has 1 fully saturated rings. The smallest absolute Gasteiger partial charge is 0.269 e. The molecule has 0 unspecified atom stereocenters. The lowest BCUT2D eigenvalue weighted by Crippen LogP contribution is -2.48. The molecule has 1 aliphatic heterocycles. The van der Waals surface area contributed by atoms with Crippen LogP contribution in [0.15, 0.2) is 53.4 Å². The number of nitro benzene ring substituents is 1. The number of amides is 1. The largest absolute Gasteiger partial charge is 0.368 e. The summed E-state index contributed by atoms with van der Waals surface area (Å²) in [4.78, 5) is 27.1.